The number of rotatable bonds is 6. The van der Waals surface area contributed by atoms with Crippen LogP contribution in [0, 0.1) is 0 Å². The Bertz CT molecular complexity index is 456. The zero-order valence-corrected chi connectivity index (χ0v) is 10.0. The lowest BCUT2D eigenvalue weighted by atomic mass is 10.6. The molecule has 3 N–H and O–H groups in total. The van der Waals surface area contributed by atoms with E-state index in [1.54, 1.807) is 0 Å². The summed E-state index contributed by atoms with van der Waals surface area (Å²) in [6.45, 7) is 3.25. The Labute approximate surface area is 97.3 Å². The molecule has 0 saturated carbocycles. The molecule has 0 aromatic carbocycles. The van der Waals surface area contributed by atoms with Crippen LogP contribution in [0.2, 0.25) is 0 Å². The standard InChI is InChI=1S/C7H12N4O3S2/c1-2-3-11(4-5-12)16(13,14)7-10-9-6(8)15-7/h2,12H,1,3-5H2,(H2,8,9). The molecule has 1 aromatic heterocycles. The van der Waals surface area contributed by atoms with Crippen molar-refractivity contribution in [2.45, 2.75) is 4.34 Å². The van der Waals surface area contributed by atoms with Crippen LogP contribution in [0.5, 0.6) is 0 Å². The van der Waals surface area contributed by atoms with Crippen LogP contribution in [-0.2, 0) is 10.0 Å². The Balaban J connectivity index is 3.02. The van der Waals surface area contributed by atoms with Gasteiger partial charge in [-0.1, -0.05) is 17.4 Å². The molecule has 0 aliphatic rings. The predicted molar refractivity (Wildman–Crippen MR) is 60.4 cm³/mol. The maximum Gasteiger partial charge on any atom is 0.272 e. The van der Waals surface area contributed by atoms with E-state index in [0.29, 0.717) is 0 Å². The monoisotopic (exact) mass is 264 g/mol. The molecular weight excluding hydrogens is 252 g/mol. The largest absolute Gasteiger partial charge is 0.395 e. The fourth-order valence-corrected chi connectivity index (χ4v) is 3.32. The number of aliphatic hydroxyl groups is 1. The molecule has 90 valence electrons. The van der Waals surface area contributed by atoms with E-state index >= 15 is 0 Å². The van der Waals surface area contributed by atoms with Gasteiger partial charge in [-0.05, 0) is 0 Å². The fourth-order valence-electron chi connectivity index (χ4n) is 1.00. The van der Waals surface area contributed by atoms with Gasteiger partial charge in [0.1, 0.15) is 0 Å². The average Bonchev–Trinajstić information content (AvgIpc) is 2.65. The van der Waals surface area contributed by atoms with E-state index in [1.807, 2.05) is 0 Å². The predicted octanol–water partition coefficient (Wildman–Crippen LogP) is -0.711. The van der Waals surface area contributed by atoms with Crippen molar-refractivity contribution in [2.24, 2.45) is 0 Å². The Morgan fingerprint density at radius 3 is 2.69 bits per heavy atom. The van der Waals surface area contributed by atoms with Gasteiger partial charge in [0.15, 0.2) is 0 Å². The molecule has 0 bridgehead atoms. The number of nitrogens with two attached hydrogens (primary N) is 1. The molecule has 0 aliphatic heterocycles. The fraction of sp³-hybridized carbons (Fsp3) is 0.429. The van der Waals surface area contributed by atoms with E-state index in [2.05, 4.69) is 16.8 Å². The molecule has 1 rings (SSSR count). The first-order valence-corrected chi connectivity index (χ1v) is 6.59. The van der Waals surface area contributed by atoms with Gasteiger partial charge in [0.05, 0.1) is 6.61 Å². The molecule has 16 heavy (non-hydrogen) atoms. The third kappa shape index (κ3) is 2.76. The van der Waals surface area contributed by atoms with Gasteiger partial charge in [0.25, 0.3) is 10.0 Å². The second kappa shape index (κ2) is 5.34. The smallest absolute Gasteiger partial charge is 0.272 e. The van der Waals surface area contributed by atoms with Gasteiger partial charge in [-0.3, -0.25) is 0 Å². The van der Waals surface area contributed by atoms with Gasteiger partial charge in [0.2, 0.25) is 9.47 Å². The highest BCUT2D eigenvalue weighted by Crippen LogP contribution is 2.20. The van der Waals surface area contributed by atoms with Crippen molar-refractivity contribution in [1.29, 1.82) is 0 Å². The molecule has 0 saturated heterocycles. The van der Waals surface area contributed by atoms with Crippen molar-refractivity contribution in [3.8, 4) is 0 Å². The van der Waals surface area contributed by atoms with E-state index in [9.17, 15) is 8.42 Å². The number of hydrogen-bond donors (Lipinski definition) is 2. The summed E-state index contributed by atoms with van der Waals surface area (Å²) in [7, 11) is -3.74. The zero-order chi connectivity index (χ0) is 12.2. The Kier molecular flexibility index (Phi) is 4.35. The van der Waals surface area contributed by atoms with Crippen molar-refractivity contribution < 1.29 is 13.5 Å². The van der Waals surface area contributed by atoms with E-state index in [-0.39, 0.29) is 29.2 Å². The van der Waals surface area contributed by atoms with E-state index in [1.165, 1.54) is 6.08 Å². The lowest BCUT2D eigenvalue weighted by molar-refractivity contribution is 0.260. The summed E-state index contributed by atoms with van der Waals surface area (Å²) in [6.07, 6.45) is 1.43. The maximum absolute atomic E-state index is 11.9. The van der Waals surface area contributed by atoms with Gasteiger partial charge in [-0.2, -0.15) is 4.31 Å². The molecular formula is C7H12N4O3S2. The highest BCUT2D eigenvalue weighted by Gasteiger charge is 2.26. The maximum atomic E-state index is 11.9. The van der Waals surface area contributed by atoms with Crippen molar-refractivity contribution >= 4 is 26.5 Å². The summed E-state index contributed by atoms with van der Waals surface area (Å²) in [5.41, 5.74) is 5.32. The topological polar surface area (TPSA) is 109 Å². The Hall–Kier alpha value is -1.03. The quantitative estimate of drug-likeness (QED) is 0.657. The molecule has 0 aliphatic carbocycles. The van der Waals surface area contributed by atoms with Crippen molar-refractivity contribution in [3.05, 3.63) is 12.7 Å². The summed E-state index contributed by atoms with van der Waals surface area (Å²) in [6, 6.07) is 0. The molecule has 7 nitrogen and oxygen atoms in total. The molecule has 1 aromatic rings. The van der Waals surface area contributed by atoms with E-state index in [0.717, 1.165) is 15.6 Å². The number of aliphatic hydroxyl groups excluding tert-OH is 1. The molecule has 0 amide bonds. The minimum absolute atomic E-state index is 0.0200. The molecule has 1 heterocycles. The second-order valence-electron chi connectivity index (χ2n) is 2.78. The number of nitrogen functional groups attached to an aromatic ring is 1. The molecule has 0 fully saturated rings. The third-order valence-electron chi connectivity index (χ3n) is 1.66. The molecule has 9 heteroatoms. The first-order chi connectivity index (χ1) is 7.52. The van der Waals surface area contributed by atoms with Crippen molar-refractivity contribution in [3.63, 3.8) is 0 Å². The normalized spacial score (nSPS) is 11.9. The van der Waals surface area contributed by atoms with E-state index in [4.69, 9.17) is 10.8 Å². The lowest BCUT2D eigenvalue weighted by Gasteiger charge is -2.17. The zero-order valence-electron chi connectivity index (χ0n) is 8.40. The van der Waals surface area contributed by atoms with Crippen LogP contribution in [0.15, 0.2) is 17.0 Å². The third-order valence-corrected chi connectivity index (χ3v) is 4.63. The summed E-state index contributed by atoms with van der Waals surface area (Å²) in [4.78, 5) is 0. The van der Waals surface area contributed by atoms with Crippen LogP contribution in [0.25, 0.3) is 0 Å². The summed E-state index contributed by atoms with van der Waals surface area (Å²) in [5, 5.41) is 15.8. The van der Waals surface area contributed by atoms with Gasteiger partial charge in [0, 0.05) is 13.1 Å². The number of sulfonamides is 1. The van der Waals surface area contributed by atoms with Crippen LogP contribution in [0.4, 0.5) is 5.13 Å². The van der Waals surface area contributed by atoms with Gasteiger partial charge in [-0.15, -0.1) is 16.8 Å². The highest BCUT2D eigenvalue weighted by molar-refractivity contribution is 7.91. The van der Waals surface area contributed by atoms with Gasteiger partial charge >= 0.3 is 0 Å². The summed E-state index contributed by atoms with van der Waals surface area (Å²) < 4.78 is 24.8. The SMILES string of the molecule is C=CCN(CCO)S(=O)(=O)c1nnc(N)s1. The van der Waals surface area contributed by atoms with Gasteiger partial charge in [-0.25, -0.2) is 8.42 Å². The number of anilines is 1. The first kappa shape index (κ1) is 13.0. The lowest BCUT2D eigenvalue weighted by Crippen LogP contribution is -2.33. The minimum Gasteiger partial charge on any atom is -0.395 e. The van der Waals surface area contributed by atoms with Crippen LogP contribution < -0.4 is 5.73 Å². The first-order valence-electron chi connectivity index (χ1n) is 4.33. The number of nitrogens with zero attached hydrogens (tertiary/aromatic N) is 3. The molecule has 0 radical (unpaired) electrons. The molecule has 0 spiro atoms. The molecule has 0 atom stereocenters. The summed E-state index contributed by atoms with van der Waals surface area (Å²) in [5.74, 6) is 0. The minimum atomic E-state index is -3.74. The Morgan fingerprint density at radius 2 is 2.25 bits per heavy atom. The number of aromatic nitrogens is 2. The second-order valence-corrected chi connectivity index (χ2v) is 5.90. The van der Waals surface area contributed by atoms with Crippen LogP contribution in [0.1, 0.15) is 0 Å². The van der Waals surface area contributed by atoms with Crippen molar-refractivity contribution in [1.82, 2.24) is 14.5 Å². The van der Waals surface area contributed by atoms with Crippen molar-refractivity contribution in [2.75, 3.05) is 25.4 Å². The summed E-state index contributed by atoms with van der Waals surface area (Å²) >= 11 is 0.785. The van der Waals surface area contributed by atoms with Crippen LogP contribution >= 0.6 is 11.3 Å². The highest BCUT2D eigenvalue weighted by atomic mass is 32.2. The number of hydrogen-bond acceptors (Lipinski definition) is 7. The average molecular weight is 264 g/mol. The van der Waals surface area contributed by atoms with Crippen LogP contribution in [0.3, 0.4) is 0 Å². The van der Waals surface area contributed by atoms with E-state index < -0.39 is 10.0 Å². The molecule has 0 unspecified atom stereocenters. The van der Waals surface area contributed by atoms with Crippen LogP contribution in [-0.4, -0.2) is 47.7 Å². The Morgan fingerprint density at radius 1 is 1.56 bits per heavy atom. The van der Waals surface area contributed by atoms with Gasteiger partial charge < -0.3 is 10.8 Å².